The van der Waals surface area contributed by atoms with Crippen molar-refractivity contribution in [2.75, 3.05) is 13.2 Å². The number of benzene rings is 2. The zero-order valence-electron chi connectivity index (χ0n) is 36.4. The molecule has 21 heteroatoms. The first-order chi connectivity index (χ1) is 31.9. The normalized spacial score (nSPS) is 19.0. The van der Waals surface area contributed by atoms with Crippen LogP contribution in [-0.4, -0.2) is 79.2 Å². The van der Waals surface area contributed by atoms with Crippen LogP contribution >= 0.6 is 0 Å². The van der Waals surface area contributed by atoms with Gasteiger partial charge in [0.2, 0.25) is 0 Å². The van der Waals surface area contributed by atoms with Crippen LogP contribution in [0.4, 0.5) is 22.0 Å². The van der Waals surface area contributed by atoms with Crippen molar-refractivity contribution in [1.82, 2.24) is 48.1 Å². The molecule has 67 heavy (non-hydrogen) atoms. The molecule has 2 fully saturated rings. The second-order valence-corrected chi connectivity index (χ2v) is 18.1. The van der Waals surface area contributed by atoms with Crippen molar-refractivity contribution >= 4 is 22.3 Å². The quantitative estimate of drug-likeness (QED) is 0.154. The highest BCUT2D eigenvalue weighted by Gasteiger charge is 2.54. The van der Waals surface area contributed by atoms with Crippen LogP contribution in [0.2, 0.25) is 0 Å². The van der Waals surface area contributed by atoms with Crippen LogP contribution in [0, 0.1) is 11.6 Å². The molecule has 1 aliphatic carbocycles. The van der Waals surface area contributed by atoms with Crippen LogP contribution in [-0.2, 0) is 23.6 Å². The molecule has 2 atom stereocenters. The molecule has 2 aliphatic heterocycles. The van der Waals surface area contributed by atoms with E-state index in [0.717, 1.165) is 45.2 Å². The number of H-pyrrole nitrogens is 1. The Balaban J connectivity index is 1.05. The second kappa shape index (κ2) is 14.9. The summed E-state index contributed by atoms with van der Waals surface area (Å²) in [6, 6.07) is 10.9. The first-order valence-corrected chi connectivity index (χ1v) is 21.7. The number of aromatic amines is 1. The zero-order chi connectivity index (χ0) is 46.9. The third-order valence-electron chi connectivity index (χ3n) is 13.5. The lowest BCUT2D eigenvalue weighted by Gasteiger charge is -2.35. The van der Waals surface area contributed by atoms with Gasteiger partial charge in [0.1, 0.15) is 5.82 Å². The number of carbonyl (C=O) groups excluding carboxylic acids is 1. The van der Waals surface area contributed by atoms with Gasteiger partial charge in [0.15, 0.2) is 23.2 Å². The van der Waals surface area contributed by atoms with Gasteiger partial charge in [0, 0.05) is 68.1 Å². The molecule has 16 nitrogen and oxygen atoms in total. The van der Waals surface area contributed by atoms with E-state index in [1.807, 2.05) is 22.7 Å². The highest BCUT2D eigenvalue weighted by atomic mass is 19.4. The van der Waals surface area contributed by atoms with Gasteiger partial charge in [-0.3, -0.25) is 28.1 Å². The van der Waals surface area contributed by atoms with Crippen LogP contribution in [0.1, 0.15) is 97.1 Å². The summed E-state index contributed by atoms with van der Waals surface area (Å²) in [6.45, 7) is 6.60. The van der Waals surface area contributed by atoms with E-state index in [1.165, 1.54) is 40.1 Å². The van der Waals surface area contributed by atoms with Gasteiger partial charge in [-0.15, -0.1) is 13.2 Å². The molecule has 0 radical (unpaired) electrons. The monoisotopic (exact) mass is 924 g/mol. The summed E-state index contributed by atoms with van der Waals surface area (Å²) < 4.78 is 93.3. The van der Waals surface area contributed by atoms with Crippen molar-refractivity contribution in [3.05, 3.63) is 140 Å². The number of rotatable bonds is 8. The van der Waals surface area contributed by atoms with E-state index in [4.69, 9.17) is 14.4 Å². The maximum Gasteiger partial charge on any atom is 0.573 e. The van der Waals surface area contributed by atoms with E-state index in [9.17, 15) is 27.2 Å². The molecule has 1 saturated heterocycles. The van der Waals surface area contributed by atoms with E-state index >= 15 is 9.18 Å². The molecule has 1 saturated carbocycles. The molecule has 0 spiro atoms. The lowest BCUT2D eigenvalue weighted by molar-refractivity contribution is -0.275. The number of aromatic nitrogens is 9. The second-order valence-electron chi connectivity index (χ2n) is 18.1. The highest BCUT2D eigenvalue weighted by Crippen LogP contribution is 2.54. The average Bonchev–Trinajstić information content (AvgIpc) is 3.73. The molecule has 8 aromatic rings. The van der Waals surface area contributed by atoms with Gasteiger partial charge in [0.05, 0.1) is 56.8 Å². The SMILES string of the molecule is C[C@H]1c2c(nn(-c3ccc(F)c(OC(F)(F)F)c3)c2-n2ccn(-c3ccc4c(cnn4C)c3F)c2=O)CCN1C(=O)c1cc2cc([C@@H]3CCOC(C)(C)C3)ccn2c1C1(c2noc(=O)[nH]2)CC1. The molecule has 8 heterocycles. The number of fused-ring (bicyclic) bond motifs is 3. The number of imidazole rings is 1. The number of aryl methyl sites for hydroxylation is 1. The molecule has 0 bridgehead atoms. The third-order valence-corrected chi connectivity index (χ3v) is 13.5. The Morgan fingerprint density at radius 3 is 2.52 bits per heavy atom. The molecule has 6 aromatic heterocycles. The van der Waals surface area contributed by atoms with Crippen molar-refractivity contribution < 1.29 is 40.7 Å². The fourth-order valence-electron chi connectivity index (χ4n) is 10.2. The summed E-state index contributed by atoms with van der Waals surface area (Å²) in [5, 5.41) is 13.1. The van der Waals surface area contributed by atoms with Crippen LogP contribution < -0.4 is 16.2 Å². The molecule has 2 aromatic carbocycles. The lowest BCUT2D eigenvalue weighted by atomic mass is 9.84. The molecular formula is C46H41F5N10O6. The number of amides is 1. The molecule has 0 unspecified atom stereocenters. The van der Waals surface area contributed by atoms with E-state index in [2.05, 4.69) is 39.9 Å². The largest absolute Gasteiger partial charge is 0.573 e. The number of nitrogens with one attached hydrogen (secondary N) is 1. The Bertz CT molecular complexity index is 3440. The molecule has 1 amide bonds. The minimum absolute atomic E-state index is 0.0151. The number of alkyl halides is 3. The molecule has 11 rings (SSSR count). The Kier molecular flexibility index (Phi) is 9.39. The summed E-state index contributed by atoms with van der Waals surface area (Å²) in [7, 11) is 1.65. The first-order valence-electron chi connectivity index (χ1n) is 21.7. The van der Waals surface area contributed by atoms with Crippen LogP contribution in [0.15, 0.2) is 87.4 Å². The number of hydrogen-bond donors (Lipinski definition) is 1. The number of ether oxygens (including phenoxy) is 2. The van der Waals surface area contributed by atoms with Crippen LogP contribution in [0.25, 0.3) is 33.6 Å². The van der Waals surface area contributed by atoms with Gasteiger partial charge in [-0.1, -0.05) is 5.16 Å². The maximum atomic E-state index is 16.1. The number of halogens is 5. The first kappa shape index (κ1) is 42.4. The number of hydrogen-bond acceptors (Lipinski definition) is 9. The van der Waals surface area contributed by atoms with Gasteiger partial charge in [-0.2, -0.15) is 10.2 Å². The topological polar surface area (TPSA) is 165 Å². The summed E-state index contributed by atoms with van der Waals surface area (Å²) in [6.07, 6.45) is 3.60. The Labute approximate surface area is 375 Å². The average molecular weight is 925 g/mol. The van der Waals surface area contributed by atoms with Crippen molar-refractivity contribution in [2.45, 2.75) is 82.2 Å². The van der Waals surface area contributed by atoms with Crippen molar-refractivity contribution in [1.29, 1.82) is 0 Å². The summed E-state index contributed by atoms with van der Waals surface area (Å²) in [5.74, 6) is -3.76. The Morgan fingerprint density at radius 1 is 1.00 bits per heavy atom. The summed E-state index contributed by atoms with van der Waals surface area (Å²) >= 11 is 0. The predicted octanol–water partition coefficient (Wildman–Crippen LogP) is 7.32. The van der Waals surface area contributed by atoms with E-state index in [0.29, 0.717) is 47.5 Å². The Morgan fingerprint density at radius 2 is 1.79 bits per heavy atom. The zero-order valence-corrected chi connectivity index (χ0v) is 36.4. The van der Waals surface area contributed by atoms with Crippen molar-refractivity contribution in [2.24, 2.45) is 7.05 Å². The van der Waals surface area contributed by atoms with Crippen molar-refractivity contribution in [3.63, 3.8) is 0 Å². The molecular weight excluding hydrogens is 884 g/mol. The van der Waals surface area contributed by atoms with Crippen LogP contribution in [0.5, 0.6) is 5.75 Å². The van der Waals surface area contributed by atoms with E-state index in [1.54, 1.807) is 24.9 Å². The predicted molar refractivity (Wildman–Crippen MR) is 229 cm³/mol. The standard InChI is InChI=1S/C46H41F5N10O6/c1-24-36-32(10-15-57(24)40(62)29-20-28-19-25(26-11-18-65-44(2,3)22-26)9-14-58(28)38(29)45(12-13-45)41-53-42(63)67-55-41)54-61(27-5-6-31(47)35(21-27)66-46(49,50)51)39(36)60-17-16-59(43(60)64)34-8-7-33-30(37(34)48)23-52-56(33)4/h5-9,14,16-17,19-21,23-24,26H,10-13,15,18,22H2,1-4H3,(H,53,55,63)/t24-,26+/m0/s1. The molecule has 346 valence electrons. The molecule has 3 aliphatic rings. The van der Waals surface area contributed by atoms with Gasteiger partial charge < -0.3 is 18.8 Å². The fourth-order valence-corrected chi connectivity index (χ4v) is 10.2. The van der Waals surface area contributed by atoms with E-state index in [-0.39, 0.29) is 58.8 Å². The van der Waals surface area contributed by atoms with Gasteiger partial charge >= 0.3 is 17.8 Å². The highest BCUT2D eigenvalue weighted by molar-refractivity contribution is 5.98. The number of pyridine rings is 1. The van der Waals surface area contributed by atoms with Crippen LogP contribution in [0.3, 0.4) is 0 Å². The number of carbonyl (C=O) groups is 1. The fraction of sp³-hybridized carbons (Fsp3) is 0.348. The van der Waals surface area contributed by atoms with Crippen molar-refractivity contribution in [3.8, 4) is 22.9 Å². The molecule has 1 N–H and O–H groups in total. The Hall–Kier alpha value is -7.29. The maximum absolute atomic E-state index is 16.1. The number of nitrogens with zero attached hydrogens (tertiary/aromatic N) is 9. The third kappa shape index (κ3) is 6.88. The van der Waals surface area contributed by atoms with Gasteiger partial charge in [0.25, 0.3) is 5.91 Å². The summed E-state index contributed by atoms with van der Waals surface area (Å²) in [5.41, 5.74) is 1.87. The lowest BCUT2D eigenvalue weighted by Crippen LogP contribution is -2.40. The minimum Gasteiger partial charge on any atom is -0.403 e. The van der Waals surface area contributed by atoms with E-state index < -0.39 is 46.6 Å². The van der Waals surface area contributed by atoms with Gasteiger partial charge in [-0.05, 0) is 100 Å². The smallest absolute Gasteiger partial charge is 0.403 e. The van der Waals surface area contributed by atoms with Gasteiger partial charge in [-0.25, -0.2) is 23.1 Å². The minimum atomic E-state index is -5.23. The summed E-state index contributed by atoms with van der Waals surface area (Å²) in [4.78, 5) is 46.6.